The standard InChI is InChI=1S/C24H26N8O2S/c1-14-19(7-16(8-25-14)28-22(33)6-15-11-30(2)12-15)29-23(34)18-10-27-32-13-21(35-24(18)32)17-9-26-31-5-3-4-20(17)31/h7-10,13,15H,3-6,11-12H2,1-2H3,(H,28,33)(H,29,34). The van der Waals surface area contributed by atoms with Gasteiger partial charge in [0.25, 0.3) is 5.91 Å². The van der Waals surface area contributed by atoms with Gasteiger partial charge in [-0.1, -0.05) is 0 Å². The van der Waals surface area contributed by atoms with Gasteiger partial charge in [-0.05, 0) is 38.8 Å². The number of likely N-dealkylation sites (tertiary alicyclic amines) is 1. The minimum atomic E-state index is -0.264. The van der Waals surface area contributed by atoms with E-state index in [9.17, 15) is 9.59 Å². The highest BCUT2D eigenvalue weighted by Crippen LogP contribution is 2.35. The third-order valence-corrected chi connectivity index (χ3v) is 7.82. The second-order valence-corrected chi connectivity index (χ2v) is 10.4. The van der Waals surface area contributed by atoms with Gasteiger partial charge in [-0.2, -0.15) is 10.2 Å². The first-order chi connectivity index (χ1) is 16.9. The van der Waals surface area contributed by atoms with Crippen LogP contribution in [0.2, 0.25) is 0 Å². The molecule has 4 aromatic rings. The summed E-state index contributed by atoms with van der Waals surface area (Å²) in [7, 11) is 2.04. The number of pyridine rings is 1. The first kappa shape index (κ1) is 21.9. The van der Waals surface area contributed by atoms with Gasteiger partial charge in [0.15, 0.2) is 0 Å². The number of rotatable bonds is 6. The summed E-state index contributed by atoms with van der Waals surface area (Å²) in [6, 6.07) is 1.75. The van der Waals surface area contributed by atoms with E-state index in [4.69, 9.17) is 0 Å². The SMILES string of the molecule is Cc1ncc(NC(=O)CC2CN(C)C2)cc1NC(=O)c1cnn2cc(-c3cnn4c3CCC4)sc12. The van der Waals surface area contributed by atoms with Crippen LogP contribution in [-0.2, 0) is 17.8 Å². The highest BCUT2D eigenvalue weighted by Gasteiger charge is 2.26. The molecule has 2 aliphatic heterocycles. The maximum absolute atomic E-state index is 13.2. The fourth-order valence-electron chi connectivity index (χ4n) is 4.88. The molecule has 2 N–H and O–H groups in total. The van der Waals surface area contributed by atoms with E-state index in [1.54, 1.807) is 23.0 Å². The summed E-state index contributed by atoms with van der Waals surface area (Å²) < 4.78 is 3.80. The molecule has 0 bridgehead atoms. The van der Waals surface area contributed by atoms with Crippen molar-refractivity contribution in [1.29, 1.82) is 0 Å². The summed E-state index contributed by atoms with van der Waals surface area (Å²) in [5.74, 6) is 0.0866. The number of nitrogens with one attached hydrogen (secondary N) is 2. The largest absolute Gasteiger partial charge is 0.325 e. The highest BCUT2D eigenvalue weighted by atomic mass is 32.1. The molecule has 10 nitrogen and oxygen atoms in total. The smallest absolute Gasteiger partial charge is 0.260 e. The summed E-state index contributed by atoms with van der Waals surface area (Å²) in [5, 5.41) is 14.7. The Bertz CT molecular complexity index is 1450. The number of carbonyl (C=O) groups is 2. The number of carbonyl (C=O) groups excluding carboxylic acids is 2. The molecule has 0 aliphatic carbocycles. The van der Waals surface area contributed by atoms with Crippen LogP contribution in [0.3, 0.4) is 0 Å². The molecule has 2 aliphatic rings. The van der Waals surface area contributed by atoms with Crippen LogP contribution in [0, 0.1) is 12.8 Å². The van der Waals surface area contributed by atoms with Crippen molar-refractivity contribution < 1.29 is 9.59 Å². The van der Waals surface area contributed by atoms with Gasteiger partial charge >= 0.3 is 0 Å². The average Bonchev–Trinajstić information content (AvgIpc) is 3.55. The summed E-state index contributed by atoms with van der Waals surface area (Å²) >= 11 is 1.53. The van der Waals surface area contributed by atoms with Crippen molar-refractivity contribution in [2.24, 2.45) is 5.92 Å². The van der Waals surface area contributed by atoms with Crippen LogP contribution >= 0.6 is 11.3 Å². The number of nitrogens with zero attached hydrogens (tertiary/aromatic N) is 6. The summed E-state index contributed by atoms with van der Waals surface area (Å²) in [4.78, 5) is 33.9. The van der Waals surface area contributed by atoms with Crippen molar-refractivity contribution in [3.8, 4) is 10.4 Å². The molecule has 0 atom stereocenters. The Kier molecular flexibility index (Phi) is 5.37. The van der Waals surface area contributed by atoms with Gasteiger partial charge in [0.05, 0.1) is 46.1 Å². The second-order valence-electron chi connectivity index (χ2n) is 9.39. The zero-order valence-corrected chi connectivity index (χ0v) is 20.4. The van der Waals surface area contributed by atoms with E-state index in [0.717, 1.165) is 47.7 Å². The third kappa shape index (κ3) is 4.10. The number of aromatic nitrogens is 5. The number of amides is 2. The Morgan fingerprint density at radius 1 is 1.17 bits per heavy atom. The average molecular weight is 491 g/mol. The minimum Gasteiger partial charge on any atom is -0.325 e. The maximum atomic E-state index is 13.2. The number of thiazole rings is 1. The van der Waals surface area contributed by atoms with E-state index in [1.807, 2.05) is 26.4 Å². The number of aryl methyl sites for hydroxylation is 2. The Hall–Kier alpha value is -3.57. The van der Waals surface area contributed by atoms with Crippen LogP contribution < -0.4 is 10.6 Å². The van der Waals surface area contributed by atoms with E-state index in [-0.39, 0.29) is 11.8 Å². The molecule has 0 saturated carbocycles. The Labute approximate surface area is 206 Å². The van der Waals surface area contributed by atoms with Crippen LogP contribution in [0.4, 0.5) is 11.4 Å². The second kappa shape index (κ2) is 8.58. The molecule has 1 saturated heterocycles. The highest BCUT2D eigenvalue weighted by molar-refractivity contribution is 7.21. The number of fused-ring (bicyclic) bond motifs is 2. The molecule has 6 heterocycles. The monoisotopic (exact) mass is 490 g/mol. The van der Waals surface area contributed by atoms with Crippen LogP contribution in [-0.4, -0.2) is 61.2 Å². The summed E-state index contributed by atoms with van der Waals surface area (Å²) in [5.41, 5.74) is 4.64. The predicted octanol–water partition coefficient (Wildman–Crippen LogP) is 3.05. The fourth-order valence-corrected chi connectivity index (χ4v) is 5.97. The topological polar surface area (TPSA) is 109 Å². The number of anilines is 2. The molecule has 11 heteroatoms. The molecule has 35 heavy (non-hydrogen) atoms. The molecule has 0 aromatic carbocycles. The van der Waals surface area contributed by atoms with Gasteiger partial charge < -0.3 is 15.5 Å². The van der Waals surface area contributed by atoms with Gasteiger partial charge in [0.1, 0.15) is 4.83 Å². The van der Waals surface area contributed by atoms with Gasteiger partial charge in [0.2, 0.25) is 5.91 Å². The fraction of sp³-hybridized carbons (Fsp3) is 0.375. The third-order valence-electron chi connectivity index (χ3n) is 6.67. The van der Waals surface area contributed by atoms with Crippen molar-refractivity contribution in [2.45, 2.75) is 32.7 Å². The number of hydrogen-bond donors (Lipinski definition) is 2. The first-order valence-electron chi connectivity index (χ1n) is 11.7. The van der Waals surface area contributed by atoms with Crippen molar-refractivity contribution in [2.75, 3.05) is 30.8 Å². The van der Waals surface area contributed by atoms with Crippen LogP contribution in [0.25, 0.3) is 15.3 Å². The number of hydrogen-bond acceptors (Lipinski definition) is 7. The molecule has 2 amide bonds. The van der Waals surface area contributed by atoms with Crippen LogP contribution in [0.5, 0.6) is 0 Å². The molecule has 0 radical (unpaired) electrons. The minimum absolute atomic E-state index is 0.0397. The maximum Gasteiger partial charge on any atom is 0.260 e. The Morgan fingerprint density at radius 2 is 2.03 bits per heavy atom. The van der Waals surface area contributed by atoms with Crippen molar-refractivity contribution in [1.82, 2.24) is 29.3 Å². The van der Waals surface area contributed by atoms with Gasteiger partial charge in [-0.25, -0.2) is 4.52 Å². The lowest BCUT2D eigenvalue weighted by atomic mass is 9.97. The molecule has 6 rings (SSSR count). The Morgan fingerprint density at radius 3 is 2.86 bits per heavy atom. The molecular formula is C24H26N8O2S. The molecule has 0 unspecified atom stereocenters. The Balaban J connectivity index is 1.19. The summed E-state index contributed by atoms with van der Waals surface area (Å²) in [6.45, 7) is 4.66. The quantitative estimate of drug-likeness (QED) is 0.430. The van der Waals surface area contributed by atoms with Crippen LogP contribution in [0.15, 0.2) is 30.9 Å². The van der Waals surface area contributed by atoms with E-state index >= 15 is 0 Å². The van der Waals surface area contributed by atoms with E-state index in [0.29, 0.717) is 35.0 Å². The zero-order valence-electron chi connectivity index (χ0n) is 19.6. The lowest BCUT2D eigenvalue weighted by Crippen LogP contribution is -2.45. The van der Waals surface area contributed by atoms with Crippen molar-refractivity contribution in [3.05, 3.63) is 47.8 Å². The predicted molar refractivity (Wildman–Crippen MR) is 134 cm³/mol. The molecule has 0 spiro atoms. The zero-order chi connectivity index (χ0) is 24.1. The van der Waals surface area contributed by atoms with E-state index < -0.39 is 0 Å². The molecule has 180 valence electrons. The molecule has 1 fully saturated rings. The van der Waals surface area contributed by atoms with Crippen LogP contribution in [0.1, 0.15) is 34.6 Å². The lowest BCUT2D eigenvalue weighted by molar-refractivity contribution is -0.118. The molecular weight excluding hydrogens is 464 g/mol. The van der Waals surface area contributed by atoms with Gasteiger partial charge in [0, 0.05) is 43.5 Å². The molecule has 4 aromatic heterocycles. The van der Waals surface area contributed by atoms with Crippen molar-refractivity contribution >= 4 is 39.4 Å². The normalized spacial score (nSPS) is 15.8. The van der Waals surface area contributed by atoms with Gasteiger partial charge in [-0.3, -0.25) is 19.3 Å². The van der Waals surface area contributed by atoms with E-state index in [1.165, 1.54) is 17.0 Å². The lowest BCUT2D eigenvalue weighted by Gasteiger charge is -2.35. The van der Waals surface area contributed by atoms with Gasteiger partial charge in [-0.15, -0.1) is 11.3 Å². The van der Waals surface area contributed by atoms with Crippen molar-refractivity contribution in [3.63, 3.8) is 0 Å². The first-order valence-corrected chi connectivity index (χ1v) is 12.5. The van der Waals surface area contributed by atoms with E-state index in [2.05, 4.69) is 35.4 Å². The summed E-state index contributed by atoms with van der Waals surface area (Å²) in [6.07, 6.45) is 9.65.